The van der Waals surface area contributed by atoms with Crippen molar-refractivity contribution >= 4 is 23.1 Å². The highest BCUT2D eigenvalue weighted by molar-refractivity contribution is 5.58. The highest BCUT2D eigenvalue weighted by atomic mass is 19.1. The molecule has 0 fully saturated rings. The molecule has 0 aliphatic carbocycles. The Labute approximate surface area is 125 Å². The van der Waals surface area contributed by atoms with E-state index in [0.717, 1.165) is 0 Å². The van der Waals surface area contributed by atoms with Crippen LogP contribution in [0.5, 0.6) is 0 Å². The number of nitrogens with zero attached hydrogens (tertiary/aromatic N) is 3. The molecule has 0 unspecified atom stereocenters. The van der Waals surface area contributed by atoms with Gasteiger partial charge in [0.1, 0.15) is 11.6 Å². The summed E-state index contributed by atoms with van der Waals surface area (Å²) in [4.78, 5) is 4.17. The third-order valence-electron chi connectivity index (χ3n) is 2.80. The molecule has 0 amide bonds. The summed E-state index contributed by atoms with van der Waals surface area (Å²) in [5.74, 6) is -0.175. The van der Waals surface area contributed by atoms with Gasteiger partial charge in [-0.25, -0.2) is 8.78 Å². The van der Waals surface area contributed by atoms with Gasteiger partial charge in [0.15, 0.2) is 5.82 Å². The third-order valence-corrected chi connectivity index (χ3v) is 2.80. The van der Waals surface area contributed by atoms with Crippen molar-refractivity contribution in [1.29, 1.82) is 0 Å². The van der Waals surface area contributed by atoms with Gasteiger partial charge >= 0.3 is 0 Å². The zero-order valence-corrected chi connectivity index (χ0v) is 11.3. The second kappa shape index (κ2) is 6.13. The number of hydrogen-bond donors (Lipinski definition) is 2. The van der Waals surface area contributed by atoms with Crippen LogP contribution in [0.3, 0.4) is 0 Å². The Hall–Kier alpha value is -3.09. The fourth-order valence-electron chi connectivity index (χ4n) is 1.78. The molecule has 0 saturated carbocycles. The molecular formula is C15H11F2N5. The number of aromatic nitrogens is 3. The standard InChI is InChI=1S/C15H11F2N5/c16-10-5-7-11(8-6-10)19-15-21-14(9-18-22-15)20-13-4-2-1-3-12(13)17/h1-9H,(H2,19,20,21,22). The van der Waals surface area contributed by atoms with Gasteiger partial charge in [0, 0.05) is 5.69 Å². The van der Waals surface area contributed by atoms with Gasteiger partial charge in [0.25, 0.3) is 0 Å². The van der Waals surface area contributed by atoms with Gasteiger partial charge in [-0.05, 0) is 36.4 Å². The predicted octanol–water partition coefficient (Wildman–Crippen LogP) is 3.64. The van der Waals surface area contributed by atoms with Crippen LogP contribution in [0.2, 0.25) is 0 Å². The maximum atomic E-state index is 13.6. The first-order valence-electron chi connectivity index (χ1n) is 6.44. The number of nitrogens with one attached hydrogen (secondary N) is 2. The van der Waals surface area contributed by atoms with Gasteiger partial charge in [-0.15, -0.1) is 5.10 Å². The Morgan fingerprint density at radius 3 is 2.41 bits per heavy atom. The minimum Gasteiger partial charge on any atom is -0.336 e. The number of anilines is 4. The van der Waals surface area contributed by atoms with Crippen LogP contribution in [-0.4, -0.2) is 15.2 Å². The first kappa shape index (κ1) is 13.9. The fraction of sp³-hybridized carbons (Fsp3) is 0. The van der Waals surface area contributed by atoms with E-state index in [1.807, 2.05) is 0 Å². The molecular weight excluding hydrogens is 288 g/mol. The molecule has 7 heteroatoms. The van der Waals surface area contributed by atoms with Gasteiger partial charge < -0.3 is 10.6 Å². The molecule has 2 N–H and O–H groups in total. The molecule has 2 aromatic carbocycles. The second-order valence-electron chi connectivity index (χ2n) is 4.40. The van der Waals surface area contributed by atoms with E-state index in [-0.39, 0.29) is 17.5 Å². The summed E-state index contributed by atoms with van der Waals surface area (Å²) < 4.78 is 26.4. The molecule has 0 spiro atoms. The summed E-state index contributed by atoms with van der Waals surface area (Å²) in [6.07, 6.45) is 1.38. The molecule has 3 aromatic rings. The lowest BCUT2D eigenvalue weighted by atomic mass is 10.3. The normalized spacial score (nSPS) is 10.3. The lowest BCUT2D eigenvalue weighted by Gasteiger charge is -2.08. The molecule has 110 valence electrons. The topological polar surface area (TPSA) is 62.7 Å². The monoisotopic (exact) mass is 299 g/mol. The number of hydrogen-bond acceptors (Lipinski definition) is 5. The smallest absolute Gasteiger partial charge is 0.249 e. The summed E-state index contributed by atoms with van der Waals surface area (Å²) in [6, 6.07) is 12.0. The second-order valence-corrected chi connectivity index (χ2v) is 4.40. The van der Waals surface area contributed by atoms with Crippen molar-refractivity contribution < 1.29 is 8.78 Å². The molecule has 1 aromatic heterocycles. The highest BCUT2D eigenvalue weighted by Crippen LogP contribution is 2.19. The molecule has 3 rings (SSSR count). The average Bonchev–Trinajstić information content (AvgIpc) is 2.52. The van der Waals surface area contributed by atoms with Crippen molar-refractivity contribution in [2.45, 2.75) is 0 Å². The number of para-hydroxylation sites is 1. The molecule has 0 bridgehead atoms. The minimum absolute atomic E-state index is 0.216. The van der Waals surface area contributed by atoms with Crippen molar-refractivity contribution in [1.82, 2.24) is 15.2 Å². The van der Waals surface area contributed by atoms with Crippen LogP contribution in [0.4, 0.5) is 31.9 Å². The van der Waals surface area contributed by atoms with Crippen molar-refractivity contribution in [3.8, 4) is 0 Å². The Balaban J connectivity index is 1.78. The Bertz CT molecular complexity index is 777. The first-order chi connectivity index (χ1) is 10.7. The molecule has 0 aliphatic rings. The quantitative estimate of drug-likeness (QED) is 0.770. The van der Waals surface area contributed by atoms with Crippen LogP contribution < -0.4 is 10.6 Å². The average molecular weight is 299 g/mol. The maximum absolute atomic E-state index is 13.6. The zero-order chi connectivity index (χ0) is 15.4. The molecule has 22 heavy (non-hydrogen) atoms. The Kier molecular flexibility index (Phi) is 3.86. The van der Waals surface area contributed by atoms with Crippen molar-refractivity contribution in [2.24, 2.45) is 0 Å². The third kappa shape index (κ3) is 3.32. The van der Waals surface area contributed by atoms with Crippen LogP contribution in [-0.2, 0) is 0 Å². The number of rotatable bonds is 4. The first-order valence-corrected chi connectivity index (χ1v) is 6.44. The van der Waals surface area contributed by atoms with Crippen LogP contribution in [0, 0.1) is 11.6 Å². The molecule has 0 radical (unpaired) electrons. The van der Waals surface area contributed by atoms with E-state index >= 15 is 0 Å². The predicted molar refractivity (Wildman–Crippen MR) is 79.2 cm³/mol. The Morgan fingerprint density at radius 1 is 0.864 bits per heavy atom. The van der Waals surface area contributed by atoms with E-state index in [9.17, 15) is 8.78 Å². The van der Waals surface area contributed by atoms with Crippen LogP contribution >= 0.6 is 0 Å². The molecule has 0 atom stereocenters. The lowest BCUT2D eigenvalue weighted by molar-refractivity contribution is 0.628. The van der Waals surface area contributed by atoms with Crippen LogP contribution in [0.15, 0.2) is 54.7 Å². The molecule has 0 saturated heterocycles. The number of halogens is 2. The van der Waals surface area contributed by atoms with Crippen molar-refractivity contribution in [3.05, 3.63) is 66.4 Å². The summed E-state index contributed by atoms with van der Waals surface area (Å²) >= 11 is 0. The van der Waals surface area contributed by atoms with Gasteiger partial charge in [0.2, 0.25) is 5.95 Å². The molecule has 1 heterocycles. The van der Waals surface area contributed by atoms with Gasteiger partial charge in [-0.1, -0.05) is 12.1 Å². The summed E-state index contributed by atoms with van der Waals surface area (Å²) in [5, 5.41) is 13.3. The summed E-state index contributed by atoms with van der Waals surface area (Å²) in [5.41, 5.74) is 0.905. The van der Waals surface area contributed by atoms with Gasteiger partial charge in [-0.3, -0.25) is 0 Å². The highest BCUT2D eigenvalue weighted by Gasteiger charge is 2.05. The Morgan fingerprint density at radius 2 is 1.64 bits per heavy atom. The van der Waals surface area contributed by atoms with Gasteiger partial charge in [-0.2, -0.15) is 10.1 Å². The van der Waals surface area contributed by atoms with Crippen molar-refractivity contribution in [3.63, 3.8) is 0 Å². The van der Waals surface area contributed by atoms with E-state index < -0.39 is 5.82 Å². The van der Waals surface area contributed by atoms with E-state index in [4.69, 9.17) is 0 Å². The molecule has 0 aliphatic heterocycles. The SMILES string of the molecule is Fc1ccc(Nc2nncc(Nc3ccccc3F)n2)cc1. The maximum Gasteiger partial charge on any atom is 0.249 e. The fourth-order valence-corrected chi connectivity index (χ4v) is 1.78. The van der Waals surface area contributed by atoms with Crippen LogP contribution in [0.1, 0.15) is 0 Å². The summed E-state index contributed by atoms with van der Waals surface area (Å²) in [6.45, 7) is 0. The lowest BCUT2D eigenvalue weighted by Crippen LogP contribution is -2.03. The molecule has 5 nitrogen and oxygen atoms in total. The summed E-state index contributed by atoms with van der Waals surface area (Å²) in [7, 11) is 0. The number of benzene rings is 2. The van der Waals surface area contributed by atoms with E-state index in [1.165, 1.54) is 24.4 Å². The van der Waals surface area contributed by atoms with Crippen LogP contribution in [0.25, 0.3) is 0 Å². The van der Waals surface area contributed by atoms with Crippen molar-refractivity contribution in [2.75, 3.05) is 10.6 Å². The zero-order valence-electron chi connectivity index (χ0n) is 11.3. The van der Waals surface area contributed by atoms with E-state index in [1.54, 1.807) is 30.3 Å². The van der Waals surface area contributed by atoms with E-state index in [2.05, 4.69) is 25.8 Å². The largest absolute Gasteiger partial charge is 0.336 e. The van der Waals surface area contributed by atoms with Gasteiger partial charge in [0.05, 0.1) is 11.9 Å². The minimum atomic E-state index is -0.394. The van der Waals surface area contributed by atoms with E-state index in [0.29, 0.717) is 11.5 Å².